The molecule has 0 amide bonds. The summed E-state index contributed by atoms with van der Waals surface area (Å²) in [5, 5.41) is 6.40. The van der Waals surface area contributed by atoms with E-state index in [-0.39, 0.29) is 0 Å². The van der Waals surface area contributed by atoms with Crippen LogP contribution in [0.5, 0.6) is 0 Å². The Balaban J connectivity index is 1.68. The second-order valence-electron chi connectivity index (χ2n) is 6.53. The van der Waals surface area contributed by atoms with Crippen LogP contribution in [0.25, 0.3) is 0 Å². The number of anilines is 1. The predicted octanol–water partition coefficient (Wildman–Crippen LogP) is 3.58. The third-order valence-electron chi connectivity index (χ3n) is 3.85. The second kappa shape index (κ2) is 8.20. The third kappa shape index (κ3) is 5.06. The van der Waals surface area contributed by atoms with Crippen LogP contribution in [-0.4, -0.2) is 38.9 Å². The average molecular weight is 389 g/mol. The number of hydrogen-bond donors (Lipinski definition) is 0. The van der Waals surface area contributed by atoms with E-state index in [1.807, 2.05) is 33.9 Å². The first-order chi connectivity index (χ1) is 12.4. The molecule has 0 bridgehead atoms. The van der Waals surface area contributed by atoms with Gasteiger partial charge in [-0.05, 0) is 27.8 Å². The molecule has 0 saturated heterocycles. The van der Waals surface area contributed by atoms with Crippen LogP contribution in [0.3, 0.4) is 0 Å². The van der Waals surface area contributed by atoms with Gasteiger partial charge in [-0.2, -0.15) is 0 Å². The summed E-state index contributed by atoms with van der Waals surface area (Å²) in [4.78, 5) is 22.7. The number of aromatic nitrogens is 4. The molecule has 8 heteroatoms. The molecule has 0 aliphatic rings. The zero-order valence-electron chi connectivity index (χ0n) is 15.9. The Bertz CT molecular complexity index is 872. The average Bonchev–Trinajstić information content (AvgIpc) is 3.14. The number of hydrogen-bond acceptors (Lipinski definition) is 8. The summed E-state index contributed by atoms with van der Waals surface area (Å²) in [6.07, 6.45) is 0. The fourth-order valence-electron chi connectivity index (χ4n) is 2.74. The molecule has 138 valence electrons. The number of thiazole rings is 2. The molecule has 0 atom stereocenters. The Morgan fingerprint density at radius 1 is 0.808 bits per heavy atom. The van der Waals surface area contributed by atoms with Crippen molar-refractivity contribution in [1.82, 2.24) is 24.8 Å². The van der Waals surface area contributed by atoms with Crippen LogP contribution >= 0.6 is 22.7 Å². The fraction of sp³-hybridized carbons (Fsp3) is 0.444. The molecule has 26 heavy (non-hydrogen) atoms. The Morgan fingerprint density at radius 2 is 1.42 bits per heavy atom. The van der Waals surface area contributed by atoms with Crippen LogP contribution in [0.15, 0.2) is 16.8 Å². The van der Waals surface area contributed by atoms with E-state index in [0.717, 1.165) is 51.8 Å². The van der Waals surface area contributed by atoms with Gasteiger partial charge in [0.1, 0.15) is 11.6 Å². The molecule has 0 aliphatic heterocycles. The molecule has 3 heterocycles. The van der Waals surface area contributed by atoms with Gasteiger partial charge in [0.2, 0.25) is 0 Å². The van der Waals surface area contributed by atoms with Crippen LogP contribution in [0, 0.1) is 20.8 Å². The molecule has 0 radical (unpaired) electrons. The van der Waals surface area contributed by atoms with E-state index in [1.165, 1.54) is 0 Å². The first-order valence-electron chi connectivity index (χ1n) is 8.45. The third-order valence-corrected chi connectivity index (χ3v) is 5.50. The Kier molecular flexibility index (Phi) is 5.95. The summed E-state index contributed by atoms with van der Waals surface area (Å²) in [5.41, 5.74) is 3.15. The molecule has 3 aromatic heterocycles. The van der Waals surface area contributed by atoms with Gasteiger partial charge in [-0.1, -0.05) is 0 Å². The summed E-state index contributed by atoms with van der Waals surface area (Å²) >= 11 is 3.36. The van der Waals surface area contributed by atoms with Crippen molar-refractivity contribution >= 4 is 28.5 Å². The standard InChI is InChI=1S/C18H24N6S2/c1-12-6-18(24(5)8-16-11-26-14(3)21-16)22-17(19-12)9-23(4)7-15-10-25-13(2)20-15/h6,10-11H,7-9H2,1-5H3. The van der Waals surface area contributed by atoms with Crippen molar-refractivity contribution in [2.75, 3.05) is 19.0 Å². The highest BCUT2D eigenvalue weighted by molar-refractivity contribution is 7.09. The minimum absolute atomic E-state index is 0.689. The van der Waals surface area contributed by atoms with Gasteiger partial charge in [0, 0.05) is 36.1 Å². The molecule has 3 aromatic rings. The minimum atomic E-state index is 0.689. The van der Waals surface area contributed by atoms with Crippen LogP contribution in [0.2, 0.25) is 0 Å². The van der Waals surface area contributed by atoms with E-state index in [4.69, 9.17) is 4.98 Å². The number of rotatable bonds is 7. The molecule has 0 N–H and O–H groups in total. The summed E-state index contributed by atoms with van der Waals surface area (Å²) in [6.45, 7) is 8.30. The summed E-state index contributed by atoms with van der Waals surface area (Å²) in [7, 11) is 4.11. The minimum Gasteiger partial charge on any atom is -0.354 e. The van der Waals surface area contributed by atoms with Crippen LogP contribution in [-0.2, 0) is 19.6 Å². The SMILES string of the molecule is Cc1cc(N(C)Cc2csc(C)n2)nc(CN(C)Cc2csc(C)n2)n1. The molecule has 0 unspecified atom stereocenters. The summed E-state index contributed by atoms with van der Waals surface area (Å²) < 4.78 is 0. The maximum absolute atomic E-state index is 4.75. The number of aryl methyl sites for hydroxylation is 3. The van der Waals surface area contributed by atoms with Crippen LogP contribution in [0.1, 0.15) is 32.9 Å². The highest BCUT2D eigenvalue weighted by Crippen LogP contribution is 2.17. The molecule has 0 fully saturated rings. The molecule has 0 aromatic carbocycles. The Hall–Kier alpha value is -1.90. The van der Waals surface area contributed by atoms with E-state index in [2.05, 4.69) is 42.6 Å². The Labute approximate surface area is 162 Å². The highest BCUT2D eigenvalue weighted by atomic mass is 32.1. The molecule has 3 rings (SSSR count). The van der Waals surface area contributed by atoms with Gasteiger partial charge in [0.15, 0.2) is 0 Å². The lowest BCUT2D eigenvalue weighted by atomic mass is 10.3. The van der Waals surface area contributed by atoms with Crippen molar-refractivity contribution in [3.8, 4) is 0 Å². The number of nitrogens with zero attached hydrogens (tertiary/aromatic N) is 6. The van der Waals surface area contributed by atoms with E-state index in [9.17, 15) is 0 Å². The van der Waals surface area contributed by atoms with E-state index in [0.29, 0.717) is 6.54 Å². The topological polar surface area (TPSA) is 58.0 Å². The second-order valence-corrected chi connectivity index (χ2v) is 8.65. The van der Waals surface area contributed by atoms with Crippen molar-refractivity contribution in [2.24, 2.45) is 0 Å². The van der Waals surface area contributed by atoms with Gasteiger partial charge in [0.05, 0.1) is 34.5 Å². The zero-order chi connectivity index (χ0) is 18.7. The fourth-order valence-corrected chi connectivity index (χ4v) is 3.95. The quantitative estimate of drug-likeness (QED) is 0.617. The van der Waals surface area contributed by atoms with Crippen molar-refractivity contribution in [2.45, 2.75) is 40.4 Å². The van der Waals surface area contributed by atoms with Gasteiger partial charge >= 0.3 is 0 Å². The van der Waals surface area contributed by atoms with E-state index >= 15 is 0 Å². The normalized spacial score (nSPS) is 11.3. The van der Waals surface area contributed by atoms with Crippen molar-refractivity contribution in [3.63, 3.8) is 0 Å². The Morgan fingerprint density at radius 3 is 2.00 bits per heavy atom. The van der Waals surface area contributed by atoms with Gasteiger partial charge < -0.3 is 4.90 Å². The molecular formula is C18H24N6S2. The van der Waals surface area contributed by atoms with Gasteiger partial charge in [-0.25, -0.2) is 19.9 Å². The summed E-state index contributed by atoms with van der Waals surface area (Å²) in [5.74, 6) is 1.76. The monoisotopic (exact) mass is 388 g/mol. The first kappa shape index (κ1) is 18.9. The predicted molar refractivity (Wildman–Crippen MR) is 108 cm³/mol. The van der Waals surface area contributed by atoms with Crippen LogP contribution in [0.4, 0.5) is 5.82 Å². The largest absolute Gasteiger partial charge is 0.354 e. The smallest absolute Gasteiger partial charge is 0.144 e. The highest BCUT2D eigenvalue weighted by Gasteiger charge is 2.11. The lowest BCUT2D eigenvalue weighted by Gasteiger charge is -2.20. The zero-order valence-corrected chi connectivity index (χ0v) is 17.5. The van der Waals surface area contributed by atoms with E-state index < -0.39 is 0 Å². The lowest BCUT2D eigenvalue weighted by molar-refractivity contribution is 0.307. The lowest BCUT2D eigenvalue weighted by Crippen LogP contribution is -2.22. The molecular weight excluding hydrogens is 364 g/mol. The van der Waals surface area contributed by atoms with E-state index in [1.54, 1.807) is 22.7 Å². The van der Waals surface area contributed by atoms with Gasteiger partial charge in [-0.3, -0.25) is 4.90 Å². The maximum Gasteiger partial charge on any atom is 0.144 e. The first-order valence-corrected chi connectivity index (χ1v) is 10.2. The molecule has 0 aliphatic carbocycles. The van der Waals surface area contributed by atoms with Crippen LogP contribution < -0.4 is 4.90 Å². The molecule has 0 saturated carbocycles. The van der Waals surface area contributed by atoms with Crippen molar-refractivity contribution in [1.29, 1.82) is 0 Å². The maximum atomic E-state index is 4.75. The molecule has 0 spiro atoms. The van der Waals surface area contributed by atoms with Gasteiger partial charge in [-0.15, -0.1) is 22.7 Å². The van der Waals surface area contributed by atoms with Crippen molar-refractivity contribution in [3.05, 3.63) is 49.7 Å². The molecule has 6 nitrogen and oxygen atoms in total. The van der Waals surface area contributed by atoms with Crippen molar-refractivity contribution < 1.29 is 0 Å². The van der Waals surface area contributed by atoms with Gasteiger partial charge in [0.25, 0.3) is 0 Å². The summed E-state index contributed by atoms with van der Waals surface area (Å²) in [6, 6.07) is 2.02.